The Hall–Kier alpha value is -3.74. The van der Waals surface area contributed by atoms with Crippen molar-refractivity contribution in [3.05, 3.63) is 66.0 Å². The summed E-state index contributed by atoms with van der Waals surface area (Å²) in [5.41, 5.74) is 9.27. The van der Waals surface area contributed by atoms with Crippen molar-refractivity contribution in [2.45, 2.75) is 41.1 Å². The van der Waals surface area contributed by atoms with Gasteiger partial charge in [0, 0.05) is 66.9 Å². The molecule has 0 unspecified atom stereocenters. The third-order valence-corrected chi connectivity index (χ3v) is 8.17. The SMILES string of the molecule is N[C@H]1CCN(c2ccc(C(=O)Nc3c(Sc4cc(F)cc(F)c4)cnc4[nH]ncc34)c(NC3CCOCC3)c2)C1. The number of carbonyl (C=O) groups excluding carboxylic acids is 1. The van der Waals surface area contributed by atoms with Crippen LogP contribution in [0.15, 0.2) is 58.6 Å². The van der Waals surface area contributed by atoms with E-state index < -0.39 is 11.6 Å². The summed E-state index contributed by atoms with van der Waals surface area (Å²) in [6.07, 6.45) is 5.71. The molecule has 0 radical (unpaired) electrons. The Morgan fingerprint density at radius 1 is 1.10 bits per heavy atom. The van der Waals surface area contributed by atoms with Gasteiger partial charge in [0.25, 0.3) is 5.91 Å². The molecule has 5 N–H and O–H groups in total. The van der Waals surface area contributed by atoms with Crippen LogP contribution in [0.2, 0.25) is 0 Å². The molecule has 4 aromatic rings. The van der Waals surface area contributed by atoms with E-state index in [0.29, 0.717) is 45.3 Å². The average molecular weight is 566 g/mol. The first kappa shape index (κ1) is 26.5. The number of halogens is 2. The first-order valence-corrected chi connectivity index (χ1v) is 14.0. The Kier molecular flexibility index (Phi) is 7.55. The van der Waals surface area contributed by atoms with Crippen LogP contribution in [-0.2, 0) is 4.74 Å². The minimum atomic E-state index is -0.687. The highest BCUT2D eigenvalue weighted by atomic mass is 32.2. The fourth-order valence-electron chi connectivity index (χ4n) is 5.11. The molecule has 0 bridgehead atoms. The van der Waals surface area contributed by atoms with E-state index in [4.69, 9.17) is 10.5 Å². The standard InChI is InChI=1S/C28H29F2N7O2S/c29-16-9-17(30)11-21(10-16)40-25-14-32-27-23(13-33-36-27)26(25)35-28(38)22-2-1-20(37-6-3-18(31)15-37)12-24(22)34-19-4-7-39-8-5-19/h1-2,9-14,18-19,34H,3-8,15,31H2,(H2,32,33,35,36,38)/t18-/m0/s1. The molecule has 2 saturated heterocycles. The largest absolute Gasteiger partial charge is 0.381 e. The highest BCUT2D eigenvalue weighted by Crippen LogP contribution is 2.38. The predicted octanol–water partition coefficient (Wildman–Crippen LogP) is 4.77. The van der Waals surface area contributed by atoms with Crippen LogP contribution in [0.1, 0.15) is 29.6 Å². The van der Waals surface area contributed by atoms with E-state index in [0.717, 1.165) is 61.6 Å². The van der Waals surface area contributed by atoms with Crippen LogP contribution >= 0.6 is 11.8 Å². The molecule has 0 saturated carbocycles. The number of fused-ring (bicyclic) bond motifs is 1. The lowest BCUT2D eigenvalue weighted by Crippen LogP contribution is -2.30. The minimum Gasteiger partial charge on any atom is -0.381 e. The van der Waals surface area contributed by atoms with Crippen LogP contribution in [0.3, 0.4) is 0 Å². The number of hydrogen-bond acceptors (Lipinski definition) is 8. The highest BCUT2D eigenvalue weighted by Gasteiger charge is 2.24. The summed E-state index contributed by atoms with van der Waals surface area (Å²) in [5.74, 6) is -1.71. The van der Waals surface area contributed by atoms with Gasteiger partial charge < -0.3 is 26.0 Å². The van der Waals surface area contributed by atoms with Gasteiger partial charge in [-0.15, -0.1) is 0 Å². The Bertz CT molecular complexity index is 1520. The molecule has 2 aromatic heterocycles. The van der Waals surface area contributed by atoms with Crippen molar-refractivity contribution in [1.29, 1.82) is 0 Å². The van der Waals surface area contributed by atoms with Gasteiger partial charge in [0.15, 0.2) is 5.65 Å². The van der Waals surface area contributed by atoms with Gasteiger partial charge >= 0.3 is 0 Å². The summed E-state index contributed by atoms with van der Waals surface area (Å²) in [6, 6.07) is 9.35. The molecular weight excluding hydrogens is 536 g/mol. The third-order valence-electron chi connectivity index (χ3n) is 7.17. The van der Waals surface area contributed by atoms with Gasteiger partial charge in [-0.1, -0.05) is 11.8 Å². The molecule has 12 heteroatoms. The van der Waals surface area contributed by atoms with Crippen molar-refractivity contribution in [3.8, 4) is 0 Å². The lowest BCUT2D eigenvalue weighted by molar-refractivity contribution is 0.0904. The molecule has 2 aliphatic heterocycles. The zero-order valence-corrected chi connectivity index (χ0v) is 22.4. The number of H-pyrrole nitrogens is 1. The number of benzene rings is 2. The number of nitrogens with one attached hydrogen (secondary N) is 3. The number of amides is 1. The number of ether oxygens (including phenoxy) is 1. The van der Waals surface area contributed by atoms with E-state index in [1.807, 2.05) is 18.2 Å². The fraction of sp³-hybridized carbons (Fsp3) is 0.321. The summed E-state index contributed by atoms with van der Waals surface area (Å²) in [5, 5.41) is 14.1. The van der Waals surface area contributed by atoms with Gasteiger partial charge in [0.1, 0.15) is 11.6 Å². The normalized spacial score (nSPS) is 17.9. The lowest BCUT2D eigenvalue weighted by Gasteiger charge is -2.27. The number of hydrogen-bond donors (Lipinski definition) is 4. The summed E-state index contributed by atoms with van der Waals surface area (Å²) in [4.78, 5) is 21.3. The number of rotatable bonds is 7. The lowest BCUT2D eigenvalue weighted by atomic mass is 10.1. The van der Waals surface area contributed by atoms with Gasteiger partial charge in [-0.3, -0.25) is 9.89 Å². The Morgan fingerprint density at radius 2 is 1.90 bits per heavy atom. The highest BCUT2D eigenvalue weighted by molar-refractivity contribution is 7.99. The van der Waals surface area contributed by atoms with Crippen LogP contribution in [0.5, 0.6) is 0 Å². The quantitative estimate of drug-likeness (QED) is 0.253. The second-order valence-electron chi connectivity index (χ2n) is 10.0. The maximum atomic E-state index is 13.9. The average Bonchev–Trinajstić information content (AvgIpc) is 3.59. The monoisotopic (exact) mass is 565 g/mol. The molecule has 40 heavy (non-hydrogen) atoms. The van der Waals surface area contributed by atoms with Gasteiger partial charge in [-0.2, -0.15) is 5.10 Å². The summed E-state index contributed by atoms with van der Waals surface area (Å²) in [7, 11) is 0. The van der Waals surface area contributed by atoms with E-state index in [1.54, 1.807) is 12.4 Å². The Labute approximate surface area is 233 Å². The molecule has 2 aliphatic rings. The Balaban J connectivity index is 1.34. The zero-order valence-electron chi connectivity index (χ0n) is 21.6. The molecule has 1 atom stereocenters. The maximum absolute atomic E-state index is 13.9. The topological polar surface area (TPSA) is 121 Å². The predicted molar refractivity (Wildman–Crippen MR) is 151 cm³/mol. The minimum absolute atomic E-state index is 0.126. The molecule has 4 heterocycles. The van der Waals surface area contributed by atoms with Gasteiger partial charge in [-0.05, 0) is 49.6 Å². The molecule has 9 nitrogen and oxygen atoms in total. The number of nitrogens with zero attached hydrogens (tertiary/aromatic N) is 3. The van der Waals surface area contributed by atoms with Crippen LogP contribution in [0, 0.1) is 11.6 Å². The Morgan fingerprint density at radius 3 is 2.65 bits per heavy atom. The smallest absolute Gasteiger partial charge is 0.257 e. The number of nitrogens with two attached hydrogens (primary N) is 1. The fourth-order valence-corrected chi connectivity index (χ4v) is 6.08. The molecule has 0 spiro atoms. The van der Waals surface area contributed by atoms with Crippen molar-refractivity contribution >= 4 is 45.8 Å². The van der Waals surface area contributed by atoms with E-state index in [2.05, 4.69) is 30.7 Å². The summed E-state index contributed by atoms with van der Waals surface area (Å²) in [6.45, 7) is 2.95. The van der Waals surface area contributed by atoms with Crippen LogP contribution < -0.4 is 21.3 Å². The van der Waals surface area contributed by atoms with Crippen molar-refractivity contribution in [2.75, 3.05) is 41.8 Å². The molecule has 1 amide bonds. The number of carbonyl (C=O) groups is 1. The number of anilines is 3. The summed E-state index contributed by atoms with van der Waals surface area (Å²) >= 11 is 1.10. The van der Waals surface area contributed by atoms with Gasteiger partial charge in [0.05, 0.1) is 27.7 Å². The third kappa shape index (κ3) is 5.74. The molecular formula is C28H29F2N7O2S. The molecule has 0 aliphatic carbocycles. The van der Waals surface area contributed by atoms with Crippen molar-refractivity contribution in [3.63, 3.8) is 0 Å². The molecule has 208 valence electrons. The first-order valence-electron chi connectivity index (χ1n) is 13.2. The van der Waals surface area contributed by atoms with Crippen LogP contribution in [-0.4, -0.2) is 59.5 Å². The molecule has 2 fully saturated rings. The summed E-state index contributed by atoms with van der Waals surface area (Å²) < 4.78 is 33.3. The van der Waals surface area contributed by atoms with Crippen LogP contribution in [0.4, 0.5) is 25.8 Å². The van der Waals surface area contributed by atoms with Gasteiger partial charge in [0.2, 0.25) is 0 Å². The number of aromatic nitrogens is 3. The number of pyridine rings is 1. The maximum Gasteiger partial charge on any atom is 0.257 e. The van der Waals surface area contributed by atoms with E-state index in [-0.39, 0.29) is 18.0 Å². The molecule has 6 rings (SSSR count). The van der Waals surface area contributed by atoms with Crippen molar-refractivity contribution in [1.82, 2.24) is 15.2 Å². The van der Waals surface area contributed by atoms with E-state index in [9.17, 15) is 13.6 Å². The van der Waals surface area contributed by atoms with E-state index >= 15 is 0 Å². The second-order valence-corrected chi connectivity index (χ2v) is 11.2. The molecule has 2 aromatic carbocycles. The van der Waals surface area contributed by atoms with Crippen LogP contribution in [0.25, 0.3) is 11.0 Å². The van der Waals surface area contributed by atoms with E-state index in [1.165, 1.54) is 12.1 Å². The van der Waals surface area contributed by atoms with Crippen molar-refractivity contribution < 1.29 is 18.3 Å². The van der Waals surface area contributed by atoms with Gasteiger partial charge in [-0.25, -0.2) is 13.8 Å². The number of aromatic amines is 1. The zero-order chi connectivity index (χ0) is 27.6. The second kappa shape index (κ2) is 11.4. The van der Waals surface area contributed by atoms with Crippen molar-refractivity contribution in [2.24, 2.45) is 5.73 Å². The first-order chi connectivity index (χ1) is 19.4.